The molecular formula is C24H48O7. The summed E-state index contributed by atoms with van der Waals surface area (Å²) in [5.74, 6) is 1.59. The fourth-order valence-electron chi connectivity index (χ4n) is 3.08. The van der Waals surface area contributed by atoms with Gasteiger partial charge in [0.2, 0.25) is 0 Å². The normalized spacial score (nSPS) is 16.5. The molecule has 4 N–H and O–H groups in total. The Kier molecular flexibility index (Phi) is 19.7. The van der Waals surface area contributed by atoms with E-state index in [1.54, 1.807) is 0 Å². The molecule has 0 radical (unpaired) electrons. The molecule has 7 heteroatoms. The maximum Gasteiger partial charge on any atom is 0.101 e. The van der Waals surface area contributed by atoms with E-state index in [4.69, 9.17) is 24.4 Å². The molecule has 0 fully saturated rings. The van der Waals surface area contributed by atoms with Crippen molar-refractivity contribution >= 4 is 0 Å². The van der Waals surface area contributed by atoms with Crippen LogP contribution in [0.4, 0.5) is 0 Å². The Morgan fingerprint density at radius 2 is 1.26 bits per heavy atom. The summed E-state index contributed by atoms with van der Waals surface area (Å²) in [5.41, 5.74) is 1.31. The molecule has 0 amide bonds. The number of hydrogen-bond donors (Lipinski definition) is 4. The zero-order valence-corrected chi connectivity index (χ0v) is 20.2. The van der Waals surface area contributed by atoms with Crippen molar-refractivity contribution in [2.45, 2.75) is 84.5 Å². The predicted octanol–water partition coefficient (Wildman–Crippen LogP) is 2.69. The van der Waals surface area contributed by atoms with Crippen molar-refractivity contribution in [1.82, 2.24) is 0 Å². The third-order valence-corrected chi connectivity index (χ3v) is 5.06. The van der Waals surface area contributed by atoms with E-state index in [0.29, 0.717) is 6.61 Å². The first-order valence-electron chi connectivity index (χ1n) is 11.8. The van der Waals surface area contributed by atoms with E-state index < -0.39 is 18.3 Å². The van der Waals surface area contributed by atoms with Gasteiger partial charge in [-0.3, -0.25) is 0 Å². The SMILES string of the molecule is CC(=CCOCC(O)COCC(O)COCC(O)CO)CCCC(C)CCCC(C)C. The molecule has 31 heavy (non-hydrogen) atoms. The Morgan fingerprint density at radius 3 is 1.81 bits per heavy atom. The highest BCUT2D eigenvalue weighted by Gasteiger charge is 2.10. The summed E-state index contributed by atoms with van der Waals surface area (Å²) in [6.07, 6.45) is 7.02. The fourth-order valence-corrected chi connectivity index (χ4v) is 3.08. The standard InChI is InChI=1S/C24H48O7/c1-19(2)7-5-8-20(3)9-6-10-21(4)11-12-29-15-23(27)16-31-18-24(28)17-30-14-22(26)13-25/h11,19-20,22-28H,5-10,12-18H2,1-4H3. The lowest BCUT2D eigenvalue weighted by atomic mass is 9.94. The fraction of sp³-hybridized carbons (Fsp3) is 0.917. The molecule has 186 valence electrons. The number of allylic oxidation sites excluding steroid dienone is 1. The minimum absolute atomic E-state index is 0.00947. The predicted molar refractivity (Wildman–Crippen MR) is 123 cm³/mol. The molecule has 0 saturated heterocycles. The van der Waals surface area contributed by atoms with Crippen molar-refractivity contribution in [1.29, 1.82) is 0 Å². The lowest BCUT2D eigenvalue weighted by Crippen LogP contribution is -2.29. The molecule has 0 heterocycles. The first-order chi connectivity index (χ1) is 14.7. The summed E-state index contributed by atoms with van der Waals surface area (Å²) in [4.78, 5) is 0. The van der Waals surface area contributed by atoms with Crippen LogP contribution < -0.4 is 0 Å². The number of aliphatic hydroxyl groups excluding tert-OH is 4. The summed E-state index contributed by atoms with van der Waals surface area (Å²) in [6.45, 7) is 9.31. The van der Waals surface area contributed by atoms with E-state index >= 15 is 0 Å². The Hall–Kier alpha value is -0.540. The van der Waals surface area contributed by atoms with Gasteiger partial charge in [-0.1, -0.05) is 58.1 Å². The van der Waals surface area contributed by atoms with Gasteiger partial charge < -0.3 is 34.6 Å². The highest BCUT2D eigenvalue weighted by atomic mass is 16.5. The van der Waals surface area contributed by atoms with Crippen LogP contribution in [0, 0.1) is 11.8 Å². The lowest BCUT2D eigenvalue weighted by molar-refractivity contribution is -0.0662. The zero-order valence-electron chi connectivity index (χ0n) is 20.2. The van der Waals surface area contributed by atoms with Gasteiger partial charge in [-0.15, -0.1) is 0 Å². The molecule has 0 aliphatic heterocycles. The van der Waals surface area contributed by atoms with Gasteiger partial charge in [0.05, 0.1) is 46.2 Å². The van der Waals surface area contributed by atoms with Crippen LogP contribution in [0.5, 0.6) is 0 Å². The van der Waals surface area contributed by atoms with E-state index in [9.17, 15) is 10.2 Å². The van der Waals surface area contributed by atoms with E-state index in [0.717, 1.165) is 18.3 Å². The first-order valence-corrected chi connectivity index (χ1v) is 11.8. The summed E-state index contributed by atoms with van der Waals surface area (Å²) in [5, 5.41) is 37.3. The smallest absolute Gasteiger partial charge is 0.101 e. The van der Waals surface area contributed by atoms with Crippen LogP contribution in [0.15, 0.2) is 11.6 Å². The molecule has 0 saturated carbocycles. The number of aliphatic hydroxyl groups is 4. The largest absolute Gasteiger partial charge is 0.394 e. The van der Waals surface area contributed by atoms with Crippen LogP contribution in [-0.4, -0.2) is 85.0 Å². The quantitative estimate of drug-likeness (QED) is 0.158. The van der Waals surface area contributed by atoms with Crippen molar-refractivity contribution in [2.75, 3.05) is 46.2 Å². The summed E-state index contributed by atoms with van der Waals surface area (Å²) >= 11 is 0. The van der Waals surface area contributed by atoms with E-state index in [-0.39, 0.29) is 39.6 Å². The maximum atomic E-state index is 9.87. The van der Waals surface area contributed by atoms with Gasteiger partial charge in [0.1, 0.15) is 18.3 Å². The third-order valence-electron chi connectivity index (χ3n) is 5.06. The van der Waals surface area contributed by atoms with E-state index in [2.05, 4.69) is 33.8 Å². The van der Waals surface area contributed by atoms with Crippen molar-refractivity contribution in [3.05, 3.63) is 11.6 Å². The maximum absolute atomic E-state index is 9.87. The van der Waals surface area contributed by atoms with Gasteiger partial charge in [-0.05, 0) is 31.6 Å². The molecule has 4 atom stereocenters. The van der Waals surface area contributed by atoms with Crippen LogP contribution >= 0.6 is 0 Å². The van der Waals surface area contributed by atoms with Crippen LogP contribution in [0.2, 0.25) is 0 Å². The third kappa shape index (κ3) is 21.1. The van der Waals surface area contributed by atoms with Crippen molar-refractivity contribution in [2.24, 2.45) is 11.8 Å². The highest BCUT2D eigenvalue weighted by molar-refractivity contribution is 4.97. The minimum atomic E-state index is -0.951. The molecule has 0 aliphatic rings. The van der Waals surface area contributed by atoms with Gasteiger partial charge in [-0.25, -0.2) is 0 Å². The van der Waals surface area contributed by atoms with Crippen LogP contribution in [0.1, 0.15) is 66.2 Å². The Labute approximate surface area is 189 Å². The zero-order chi connectivity index (χ0) is 23.5. The van der Waals surface area contributed by atoms with Crippen molar-refractivity contribution in [3.63, 3.8) is 0 Å². The molecule has 0 aromatic heterocycles. The van der Waals surface area contributed by atoms with Gasteiger partial charge in [0.25, 0.3) is 0 Å². The molecular weight excluding hydrogens is 400 g/mol. The minimum Gasteiger partial charge on any atom is -0.394 e. The molecule has 0 rings (SSSR count). The number of ether oxygens (including phenoxy) is 3. The monoisotopic (exact) mass is 448 g/mol. The second-order valence-corrected chi connectivity index (χ2v) is 9.13. The Balaban J connectivity index is 3.66. The molecule has 7 nitrogen and oxygen atoms in total. The Morgan fingerprint density at radius 1 is 0.742 bits per heavy atom. The first kappa shape index (κ1) is 30.5. The van der Waals surface area contributed by atoms with Crippen molar-refractivity contribution in [3.8, 4) is 0 Å². The summed E-state index contributed by atoms with van der Waals surface area (Å²) in [7, 11) is 0. The van der Waals surface area contributed by atoms with E-state index in [1.807, 2.05) is 0 Å². The van der Waals surface area contributed by atoms with Crippen LogP contribution in [-0.2, 0) is 14.2 Å². The Bertz CT molecular complexity index is 428. The molecule has 4 unspecified atom stereocenters. The average Bonchev–Trinajstić information content (AvgIpc) is 2.70. The molecule has 0 bridgehead atoms. The molecule has 0 aromatic carbocycles. The highest BCUT2D eigenvalue weighted by Crippen LogP contribution is 2.19. The number of hydrogen-bond acceptors (Lipinski definition) is 7. The molecule has 0 spiro atoms. The summed E-state index contributed by atoms with van der Waals surface area (Å²) < 4.78 is 15.8. The van der Waals surface area contributed by atoms with Crippen molar-refractivity contribution < 1.29 is 34.6 Å². The molecule has 0 aromatic rings. The van der Waals surface area contributed by atoms with Gasteiger partial charge in [0.15, 0.2) is 0 Å². The topological polar surface area (TPSA) is 109 Å². The number of rotatable bonds is 21. The second-order valence-electron chi connectivity index (χ2n) is 9.13. The van der Waals surface area contributed by atoms with Gasteiger partial charge >= 0.3 is 0 Å². The van der Waals surface area contributed by atoms with Crippen LogP contribution in [0.3, 0.4) is 0 Å². The average molecular weight is 449 g/mol. The second kappa shape index (κ2) is 20.1. The van der Waals surface area contributed by atoms with Gasteiger partial charge in [-0.2, -0.15) is 0 Å². The lowest BCUT2D eigenvalue weighted by Gasteiger charge is -2.15. The molecule has 0 aliphatic carbocycles. The summed E-state index contributed by atoms with van der Waals surface area (Å²) in [6, 6.07) is 0. The van der Waals surface area contributed by atoms with Gasteiger partial charge in [0, 0.05) is 0 Å². The van der Waals surface area contributed by atoms with Crippen LogP contribution in [0.25, 0.3) is 0 Å². The van der Waals surface area contributed by atoms with E-state index in [1.165, 1.54) is 37.7 Å².